The summed E-state index contributed by atoms with van der Waals surface area (Å²) in [5, 5.41) is 0. The van der Waals surface area contributed by atoms with E-state index in [-0.39, 0.29) is 42.7 Å². The summed E-state index contributed by atoms with van der Waals surface area (Å²) >= 11 is 0. The van der Waals surface area contributed by atoms with Crippen molar-refractivity contribution < 1.29 is 14.3 Å². The van der Waals surface area contributed by atoms with Crippen molar-refractivity contribution >= 4 is 24.2 Å². The summed E-state index contributed by atoms with van der Waals surface area (Å²) in [6.45, 7) is 0.983. The first-order chi connectivity index (χ1) is 9.45. The normalized spacial score (nSPS) is 20.8. The molecule has 1 fully saturated rings. The topological polar surface area (TPSA) is 75.9 Å². The number of amides is 2. The van der Waals surface area contributed by atoms with Crippen LogP contribution >= 0.6 is 12.4 Å². The van der Waals surface area contributed by atoms with Crippen LogP contribution in [0.1, 0.15) is 25.7 Å². The van der Waals surface area contributed by atoms with Crippen LogP contribution in [0.4, 0.5) is 0 Å². The number of carbonyl (C=O) groups is 2. The number of rotatable bonds is 7. The van der Waals surface area contributed by atoms with Gasteiger partial charge in [-0.05, 0) is 18.8 Å². The average Bonchev–Trinajstić information content (AvgIpc) is 2.79. The highest BCUT2D eigenvalue weighted by Gasteiger charge is 2.28. The minimum atomic E-state index is -0.0785. The molecule has 2 amide bonds. The number of nitrogens with zero attached hydrogens (tertiary/aromatic N) is 2. The lowest BCUT2D eigenvalue weighted by atomic mass is 9.99. The Bertz CT molecular complexity index is 339. The average molecular weight is 322 g/mol. The molecule has 2 N–H and O–H groups in total. The fourth-order valence-electron chi connectivity index (χ4n) is 2.47. The van der Waals surface area contributed by atoms with Gasteiger partial charge in [-0.15, -0.1) is 12.4 Å². The number of likely N-dealkylation sites (N-methyl/N-ethyl adjacent to an activating group) is 1. The second kappa shape index (κ2) is 9.97. The van der Waals surface area contributed by atoms with Gasteiger partial charge in [0, 0.05) is 40.2 Å². The van der Waals surface area contributed by atoms with Gasteiger partial charge in [0.25, 0.3) is 0 Å². The van der Waals surface area contributed by atoms with Gasteiger partial charge in [0.15, 0.2) is 0 Å². The Morgan fingerprint density at radius 1 is 1.24 bits per heavy atom. The Kier molecular flexibility index (Phi) is 9.57. The summed E-state index contributed by atoms with van der Waals surface area (Å²) in [4.78, 5) is 27.2. The molecule has 0 unspecified atom stereocenters. The minimum absolute atomic E-state index is 0. The molecule has 6 nitrogen and oxygen atoms in total. The molecule has 1 rings (SSSR count). The Morgan fingerprint density at radius 3 is 2.38 bits per heavy atom. The van der Waals surface area contributed by atoms with Gasteiger partial charge in [-0.3, -0.25) is 9.59 Å². The maximum Gasteiger partial charge on any atom is 0.241 e. The number of carbonyl (C=O) groups excluding carboxylic acids is 2. The summed E-state index contributed by atoms with van der Waals surface area (Å²) in [7, 11) is 4.96. The molecule has 1 aliphatic carbocycles. The van der Waals surface area contributed by atoms with Gasteiger partial charge in [-0.25, -0.2) is 0 Å². The maximum atomic E-state index is 12.4. The zero-order valence-electron chi connectivity index (χ0n) is 13.2. The number of ether oxygens (including phenoxy) is 1. The second-order valence-electron chi connectivity index (χ2n) is 5.66. The number of methoxy groups -OCH3 is 1. The third-order valence-corrected chi connectivity index (χ3v) is 3.90. The molecule has 1 saturated carbocycles. The van der Waals surface area contributed by atoms with Gasteiger partial charge in [0.1, 0.15) is 0 Å². The highest BCUT2D eigenvalue weighted by molar-refractivity contribution is 5.85. The standard InChI is InChI=1S/C14H27N3O3.ClH/c1-16(2)14(19)10-17(7-8-20-3)13(18)9-11-5-4-6-12(11)15;/h11-12H,4-10,15H2,1-3H3;1H/t11-,12+;/m0./s1. The first kappa shape index (κ1) is 20.1. The van der Waals surface area contributed by atoms with Crippen LogP contribution < -0.4 is 5.73 Å². The van der Waals surface area contributed by atoms with Crippen molar-refractivity contribution in [3.63, 3.8) is 0 Å². The van der Waals surface area contributed by atoms with Crippen LogP contribution in [0.25, 0.3) is 0 Å². The lowest BCUT2D eigenvalue weighted by Crippen LogP contribution is -2.43. The molecule has 7 heteroatoms. The van der Waals surface area contributed by atoms with Crippen LogP contribution in [0.2, 0.25) is 0 Å². The summed E-state index contributed by atoms with van der Waals surface area (Å²) in [5.74, 6) is 0.173. The molecule has 0 saturated heterocycles. The van der Waals surface area contributed by atoms with E-state index in [4.69, 9.17) is 10.5 Å². The van der Waals surface area contributed by atoms with Gasteiger partial charge in [-0.1, -0.05) is 6.42 Å². The predicted molar refractivity (Wildman–Crippen MR) is 84.3 cm³/mol. The third-order valence-electron chi connectivity index (χ3n) is 3.90. The Balaban J connectivity index is 0.00000400. The molecular weight excluding hydrogens is 294 g/mol. The molecule has 21 heavy (non-hydrogen) atoms. The lowest BCUT2D eigenvalue weighted by Gasteiger charge is -2.25. The summed E-state index contributed by atoms with van der Waals surface area (Å²) in [6, 6.07) is 0.118. The molecule has 0 aromatic carbocycles. The Hall–Kier alpha value is -0.850. The van der Waals surface area contributed by atoms with Crippen molar-refractivity contribution in [2.75, 3.05) is 40.9 Å². The second-order valence-corrected chi connectivity index (χ2v) is 5.66. The van der Waals surface area contributed by atoms with E-state index in [9.17, 15) is 9.59 Å². The highest BCUT2D eigenvalue weighted by Crippen LogP contribution is 2.27. The maximum absolute atomic E-state index is 12.4. The SMILES string of the molecule is COCCN(CC(=O)N(C)C)C(=O)C[C@@H]1CCC[C@H]1N.Cl. The monoisotopic (exact) mass is 321 g/mol. The van der Waals surface area contributed by atoms with Crippen LogP contribution in [0, 0.1) is 5.92 Å². The fraction of sp³-hybridized carbons (Fsp3) is 0.857. The number of hydrogen-bond donors (Lipinski definition) is 1. The summed E-state index contributed by atoms with van der Waals surface area (Å²) in [5.41, 5.74) is 6.01. The molecule has 2 atom stereocenters. The van der Waals surface area contributed by atoms with E-state index in [2.05, 4.69) is 0 Å². The van der Waals surface area contributed by atoms with E-state index < -0.39 is 0 Å². The van der Waals surface area contributed by atoms with Gasteiger partial charge in [-0.2, -0.15) is 0 Å². The van der Waals surface area contributed by atoms with Crippen LogP contribution in [-0.2, 0) is 14.3 Å². The summed E-state index contributed by atoms with van der Waals surface area (Å²) < 4.78 is 5.01. The van der Waals surface area contributed by atoms with E-state index >= 15 is 0 Å². The Morgan fingerprint density at radius 2 is 1.90 bits per heavy atom. The molecule has 1 aliphatic rings. The first-order valence-corrected chi connectivity index (χ1v) is 7.18. The third kappa shape index (κ3) is 6.63. The Labute approximate surface area is 133 Å². The smallest absolute Gasteiger partial charge is 0.241 e. The number of halogens is 1. The van der Waals surface area contributed by atoms with E-state index in [1.807, 2.05) is 0 Å². The van der Waals surface area contributed by atoms with Crippen molar-refractivity contribution in [2.24, 2.45) is 11.7 Å². The molecule has 0 heterocycles. The largest absolute Gasteiger partial charge is 0.383 e. The van der Waals surface area contributed by atoms with Gasteiger partial charge in [0.05, 0.1) is 13.2 Å². The lowest BCUT2D eigenvalue weighted by molar-refractivity contribution is -0.140. The van der Waals surface area contributed by atoms with E-state index in [0.717, 1.165) is 19.3 Å². The van der Waals surface area contributed by atoms with Crippen LogP contribution in [-0.4, -0.2) is 68.6 Å². The van der Waals surface area contributed by atoms with Gasteiger partial charge < -0.3 is 20.3 Å². The molecule has 0 aromatic rings. The van der Waals surface area contributed by atoms with Gasteiger partial charge >= 0.3 is 0 Å². The van der Waals surface area contributed by atoms with Crippen molar-refractivity contribution in [1.29, 1.82) is 0 Å². The fourth-order valence-corrected chi connectivity index (χ4v) is 2.47. The molecule has 0 spiro atoms. The molecule has 0 radical (unpaired) electrons. The van der Waals surface area contributed by atoms with Crippen molar-refractivity contribution in [3.8, 4) is 0 Å². The number of hydrogen-bond acceptors (Lipinski definition) is 4. The number of nitrogens with two attached hydrogens (primary N) is 1. The van der Waals surface area contributed by atoms with Crippen molar-refractivity contribution in [1.82, 2.24) is 9.80 Å². The minimum Gasteiger partial charge on any atom is -0.383 e. The molecular formula is C14H28ClN3O3. The quantitative estimate of drug-likeness (QED) is 0.740. The van der Waals surface area contributed by atoms with E-state index in [0.29, 0.717) is 19.6 Å². The predicted octanol–water partition coefficient (Wildman–Crippen LogP) is 0.489. The molecule has 0 bridgehead atoms. The van der Waals surface area contributed by atoms with E-state index in [1.165, 1.54) is 4.90 Å². The zero-order chi connectivity index (χ0) is 15.1. The molecule has 0 aliphatic heterocycles. The zero-order valence-corrected chi connectivity index (χ0v) is 14.0. The molecule has 0 aromatic heterocycles. The van der Waals surface area contributed by atoms with E-state index in [1.54, 1.807) is 26.1 Å². The van der Waals surface area contributed by atoms with Crippen LogP contribution in [0.5, 0.6) is 0 Å². The van der Waals surface area contributed by atoms with Gasteiger partial charge in [0.2, 0.25) is 11.8 Å². The van der Waals surface area contributed by atoms with Crippen molar-refractivity contribution in [3.05, 3.63) is 0 Å². The van der Waals surface area contributed by atoms with Crippen LogP contribution in [0.15, 0.2) is 0 Å². The summed E-state index contributed by atoms with van der Waals surface area (Å²) in [6.07, 6.45) is 3.53. The highest BCUT2D eigenvalue weighted by atomic mass is 35.5. The first-order valence-electron chi connectivity index (χ1n) is 7.18. The molecule has 124 valence electrons. The van der Waals surface area contributed by atoms with Crippen LogP contribution in [0.3, 0.4) is 0 Å². The van der Waals surface area contributed by atoms with Crippen molar-refractivity contribution in [2.45, 2.75) is 31.7 Å².